The van der Waals surface area contributed by atoms with Crippen molar-refractivity contribution in [2.24, 2.45) is 0 Å². The van der Waals surface area contributed by atoms with Gasteiger partial charge in [0, 0.05) is 40.9 Å². The average molecular weight is 703 g/mol. The van der Waals surface area contributed by atoms with Crippen molar-refractivity contribution in [1.82, 2.24) is 19.3 Å². The van der Waals surface area contributed by atoms with Crippen LogP contribution in [-0.2, 0) is 12.8 Å². The van der Waals surface area contributed by atoms with Gasteiger partial charge in [-0.3, -0.25) is 4.57 Å². The van der Waals surface area contributed by atoms with Crippen molar-refractivity contribution in [2.45, 2.75) is 106 Å². The van der Waals surface area contributed by atoms with Gasteiger partial charge in [0.15, 0.2) is 0 Å². The van der Waals surface area contributed by atoms with Crippen molar-refractivity contribution in [3.8, 4) is 34.1 Å². The zero-order chi connectivity index (χ0) is 37.4. The van der Waals surface area contributed by atoms with Crippen molar-refractivity contribution in [3.63, 3.8) is 0 Å². The Balaban J connectivity index is 1.29. The van der Waals surface area contributed by atoms with E-state index in [-0.39, 0.29) is 0 Å². The van der Waals surface area contributed by atoms with Crippen LogP contribution in [-0.4, -0.2) is 19.3 Å². The van der Waals surface area contributed by atoms with Gasteiger partial charge in [0.05, 0.1) is 22.9 Å². The van der Waals surface area contributed by atoms with E-state index in [9.17, 15) is 0 Å². The third-order valence-electron chi connectivity index (χ3n) is 10.5. The van der Waals surface area contributed by atoms with Crippen LogP contribution in [0.5, 0.6) is 11.5 Å². The van der Waals surface area contributed by atoms with Crippen LogP contribution < -0.4 is 4.74 Å². The molecular formula is C48H54N4O. The minimum atomic E-state index is 0.443. The third-order valence-corrected chi connectivity index (χ3v) is 10.5. The van der Waals surface area contributed by atoms with Gasteiger partial charge in [0.25, 0.3) is 0 Å². The van der Waals surface area contributed by atoms with E-state index in [0.29, 0.717) is 17.8 Å². The molecule has 0 unspecified atom stereocenters. The predicted molar refractivity (Wildman–Crippen MR) is 223 cm³/mol. The molecule has 0 fully saturated rings. The lowest BCUT2D eigenvalue weighted by atomic mass is 9.73. The van der Waals surface area contributed by atoms with Crippen LogP contribution >= 0.6 is 0 Å². The Labute approximate surface area is 315 Å². The lowest BCUT2D eigenvalue weighted by Crippen LogP contribution is -2.15. The first-order valence-corrected chi connectivity index (χ1v) is 19.6. The summed E-state index contributed by atoms with van der Waals surface area (Å²) in [5, 5.41) is 7.35. The number of rotatable bonds is 12. The first-order valence-electron chi connectivity index (χ1n) is 19.6. The second-order valence-electron chi connectivity index (χ2n) is 15.5. The highest BCUT2D eigenvalue weighted by molar-refractivity contribution is 6.09. The average Bonchev–Trinajstić information content (AvgIpc) is 3.74. The van der Waals surface area contributed by atoms with Crippen molar-refractivity contribution in [1.29, 1.82) is 0 Å². The Morgan fingerprint density at radius 2 is 1.32 bits per heavy atom. The Bertz CT molecular complexity index is 2370. The monoisotopic (exact) mass is 702 g/mol. The third kappa shape index (κ3) is 6.78. The SMILES string of the molecule is CCCc1c(-c2cnn(-c3cccc(Oc4ccc5c6ccccc6n(-c6cc(C)ccn6)c5c4)c3)c2)c(CCC)c(C(C)C)c(C(C)C)c1C(C)C. The summed E-state index contributed by atoms with van der Waals surface area (Å²) in [5.74, 6) is 3.79. The van der Waals surface area contributed by atoms with E-state index in [0.717, 1.165) is 59.7 Å². The zero-order valence-corrected chi connectivity index (χ0v) is 33.0. The summed E-state index contributed by atoms with van der Waals surface area (Å²) in [5.41, 5.74) is 14.7. The fourth-order valence-corrected chi connectivity index (χ4v) is 8.55. The van der Waals surface area contributed by atoms with Crippen molar-refractivity contribution in [2.75, 3.05) is 0 Å². The van der Waals surface area contributed by atoms with Crippen LogP contribution in [0.3, 0.4) is 0 Å². The molecule has 4 aromatic carbocycles. The van der Waals surface area contributed by atoms with Crippen molar-refractivity contribution < 1.29 is 4.74 Å². The molecule has 0 aliphatic heterocycles. The number of hydrogen-bond acceptors (Lipinski definition) is 3. The van der Waals surface area contributed by atoms with Gasteiger partial charge in [-0.25, -0.2) is 9.67 Å². The molecule has 7 aromatic rings. The quantitative estimate of drug-likeness (QED) is 0.127. The Morgan fingerprint density at radius 3 is 1.98 bits per heavy atom. The van der Waals surface area contributed by atoms with Crippen LogP contribution in [0.2, 0.25) is 0 Å². The molecule has 0 saturated heterocycles. The van der Waals surface area contributed by atoms with Gasteiger partial charge < -0.3 is 4.74 Å². The number of aryl methyl sites for hydroxylation is 1. The summed E-state index contributed by atoms with van der Waals surface area (Å²) in [6.45, 7) is 21.0. The number of para-hydroxylation sites is 1. The molecule has 0 aliphatic carbocycles. The molecular weight excluding hydrogens is 649 g/mol. The highest BCUT2D eigenvalue weighted by Crippen LogP contribution is 2.45. The Morgan fingerprint density at radius 1 is 0.660 bits per heavy atom. The van der Waals surface area contributed by atoms with E-state index in [2.05, 4.69) is 146 Å². The Hall–Kier alpha value is -5.16. The van der Waals surface area contributed by atoms with Gasteiger partial charge in [-0.1, -0.05) is 92.5 Å². The Kier molecular flexibility index (Phi) is 10.3. The maximum Gasteiger partial charge on any atom is 0.137 e. The zero-order valence-electron chi connectivity index (χ0n) is 33.0. The molecule has 3 aromatic heterocycles. The molecule has 0 atom stereocenters. The number of nitrogens with zero attached hydrogens (tertiary/aromatic N) is 4. The smallest absolute Gasteiger partial charge is 0.137 e. The van der Waals surface area contributed by atoms with E-state index in [1.807, 2.05) is 23.0 Å². The second-order valence-corrected chi connectivity index (χ2v) is 15.5. The molecule has 0 amide bonds. The molecule has 0 aliphatic rings. The molecule has 0 N–H and O–H groups in total. The molecule has 3 heterocycles. The highest BCUT2D eigenvalue weighted by Gasteiger charge is 2.28. The summed E-state index contributed by atoms with van der Waals surface area (Å²) in [6, 6.07) is 27.3. The maximum absolute atomic E-state index is 6.60. The van der Waals surface area contributed by atoms with Gasteiger partial charge in [-0.2, -0.15) is 5.10 Å². The van der Waals surface area contributed by atoms with Crippen molar-refractivity contribution >= 4 is 21.8 Å². The fourth-order valence-electron chi connectivity index (χ4n) is 8.55. The lowest BCUT2D eigenvalue weighted by molar-refractivity contribution is 0.483. The van der Waals surface area contributed by atoms with E-state index < -0.39 is 0 Å². The summed E-state index contributed by atoms with van der Waals surface area (Å²) < 4.78 is 10.8. The number of pyridine rings is 1. The molecule has 5 nitrogen and oxygen atoms in total. The van der Waals surface area contributed by atoms with Crippen molar-refractivity contribution in [3.05, 3.63) is 131 Å². The molecule has 5 heteroatoms. The normalized spacial score (nSPS) is 11.9. The summed E-state index contributed by atoms with van der Waals surface area (Å²) in [4.78, 5) is 4.75. The van der Waals surface area contributed by atoms with Gasteiger partial charge in [-0.05, 0) is 119 Å². The number of hydrogen-bond donors (Lipinski definition) is 0. The maximum atomic E-state index is 6.60. The van der Waals surface area contributed by atoms with E-state index >= 15 is 0 Å². The van der Waals surface area contributed by atoms with Crippen LogP contribution in [0.15, 0.2) is 97.5 Å². The summed E-state index contributed by atoms with van der Waals surface area (Å²) >= 11 is 0. The van der Waals surface area contributed by atoms with E-state index in [1.165, 1.54) is 38.6 Å². The molecule has 0 spiro atoms. The number of ether oxygens (including phenoxy) is 1. The van der Waals surface area contributed by atoms with Crippen LogP contribution in [0, 0.1) is 6.92 Å². The second kappa shape index (κ2) is 15.1. The number of benzene rings is 4. The van der Waals surface area contributed by atoms with E-state index in [4.69, 9.17) is 14.8 Å². The minimum absolute atomic E-state index is 0.443. The fraction of sp³-hybridized carbons (Fsp3) is 0.333. The molecule has 0 radical (unpaired) electrons. The van der Waals surface area contributed by atoms with Gasteiger partial charge in [-0.15, -0.1) is 0 Å². The molecule has 0 saturated carbocycles. The minimum Gasteiger partial charge on any atom is -0.457 e. The number of fused-ring (bicyclic) bond motifs is 3. The highest BCUT2D eigenvalue weighted by atomic mass is 16.5. The molecule has 0 bridgehead atoms. The standard InChI is InChI=1S/C48H54N4O/c1-10-15-40-45(30(3)4)47(32(7)8)46(31(5)6)41(16-11-2)48(40)34-28-50-51(29-34)35-17-14-18-36(26-35)53-37-21-22-39-38-19-12-13-20-42(38)52(43(39)27-37)44-25-33(9)23-24-49-44/h12-14,17-32H,10-11,15-16H2,1-9H3. The molecule has 53 heavy (non-hydrogen) atoms. The van der Waals surface area contributed by atoms with Gasteiger partial charge >= 0.3 is 0 Å². The molecule has 7 rings (SSSR count). The lowest BCUT2D eigenvalue weighted by Gasteiger charge is -2.31. The first kappa shape index (κ1) is 36.2. The van der Waals surface area contributed by atoms with Crippen LogP contribution in [0.1, 0.15) is 119 Å². The molecule has 272 valence electrons. The van der Waals surface area contributed by atoms with Gasteiger partial charge in [0.2, 0.25) is 0 Å². The van der Waals surface area contributed by atoms with Crippen LogP contribution in [0.25, 0.3) is 44.4 Å². The van der Waals surface area contributed by atoms with Gasteiger partial charge in [0.1, 0.15) is 17.3 Å². The summed E-state index contributed by atoms with van der Waals surface area (Å²) in [6.07, 6.45) is 10.5. The first-order chi connectivity index (χ1) is 25.6. The van der Waals surface area contributed by atoms with E-state index in [1.54, 1.807) is 16.7 Å². The number of aromatic nitrogens is 4. The predicted octanol–water partition coefficient (Wildman–Crippen LogP) is 13.4. The topological polar surface area (TPSA) is 44.9 Å². The largest absolute Gasteiger partial charge is 0.457 e. The summed E-state index contributed by atoms with van der Waals surface area (Å²) in [7, 11) is 0. The van der Waals surface area contributed by atoms with Crippen LogP contribution in [0.4, 0.5) is 0 Å².